The van der Waals surface area contributed by atoms with Gasteiger partial charge >= 0.3 is 0 Å². The first-order valence-corrected chi connectivity index (χ1v) is 9.65. The van der Waals surface area contributed by atoms with Crippen molar-refractivity contribution in [1.29, 1.82) is 0 Å². The molecule has 27 heavy (non-hydrogen) atoms. The Kier molecular flexibility index (Phi) is 7.86. The van der Waals surface area contributed by atoms with E-state index >= 15 is 0 Å². The van der Waals surface area contributed by atoms with Gasteiger partial charge in [-0.15, -0.1) is 0 Å². The first-order chi connectivity index (χ1) is 12.9. The van der Waals surface area contributed by atoms with Crippen LogP contribution in [0.1, 0.15) is 37.0 Å². The molecular weight excluding hydrogens is 360 g/mol. The minimum Gasteiger partial charge on any atom is -0.355 e. The van der Waals surface area contributed by atoms with Crippen molar-refractivity contribution in [3.05, 3.63) is 70.2 Å². The van der Waals surface area contributed by atoms with Crippen molar-refractivity contribution in [2.45, 2.75) is 46.2 Å². The number of hydrogen-bond donors (Lipinski definition) is 1. The van der Waals surface area contributed by atoms with E-state index in [0.717, 1.165) is 11.1 Å². The second-order valence-electron chi connectivity index (χ2n) is 6.70. The van der Waals surface area contributed by atoms with Crippen molar-refractivity contribution in [2.24, 2.45) is 0 Å². The molecule has 0 radical (unpaired) electrons. The van der Waals surface area contributed by atoms with E-state index in [4.69, 9.17) is 11.6 Å². The summed E-state index contributed by atoms with van der Waals surface area (Å²) in [5.41, 5.74) is 3.25. The van der Waals surface area contributed by atoms with Crippen LogP contribution in [0.3, 0.4) is 0 Å². The van der Waals surface area contributed by atoms with Gasteiger partial charge in [0.05, 0.1) is 0 Å². The van der Waals surface area contributed by atoms with E-state index in [1.807, 2.05) is 50.2 Å². The molecule has 1 atom stereocenters. The Morgan fingerprint density at radius 3 is 2.22 bits per heavy atom. The number of likely N-dealkylation sites (N-methyl/N-ethyl adjacent to an activating group) is 1. The summed E-state index contributed by atoms with van der Waals surface area (Å²) < 4.78 is 0. The van der Waals surface area contributed by atoms with Crippen molar-refractivity contribution in [2.75, 3.05) is 6.54 Å². The largest absolute Gasteiger partial charge is 0.355 e. The number of nitrogens with one attached hydrogen (secondary N) is 1. The van der Waals surface area contributed by atoms with Crippen molar-refractivity contribution in [3.8, 4) is 0 Å². The summed E-state index contributed by atoms with van der Waals surface area (Å²) in [5.74, 6) is -0.181. The van der Waals surface area contributed by atoms with Crippen molar-refractivity contribution >= 4 is 23.4 Å². The van der Waals surface area contributed by atoms with Crippen LogP contribution < -0.4 is 5.32 Å². The molecule has 0 saturated carbocycles. The van der Waals surface area contributed by atoms with Gasteiger partial charge in [-0.05, 0) is 50.5 Å². The highest BCUT2D eigenvalue weighted by molar-refractivity contribution is 6.30. The Hall–Kier alpha value is -2.33. The topological polar surface area (TPSA) is 49.4 Å². The molecule has 2 rings (SSSR count). The van der Waals surface area contributed by atoms with Crippen LogP contribution in [0.15, 0.2) is 48.5 Å². The molecule has 5 heteroatoms. The van der Waals surface area contributed by atoms with E-state index in [-0.39, 0.29) is 11.8 Å². The number of rotatable bonds is 8. The number of nitrogens with zero attached hydrogens (tertiary/aromatic N) is 1. The van der Waals surface area contributed by atoms with Crippen LogP contribution in [0.2, 0.25) is 5.02 Å². The van der Waals surface area contributed by atoms with Crippen LogP contribution in [0.5, 0.6) is 0 Å². The number of carbonyl (C=O) groups is 2. The van der Waals surface area contributed by atoms with Crippen LogP contribution >= 0.6 is 11.6 Å². The maximum atomic E-state index is 12.9. The number of hydrogen-bond acceptors (Lipinski definition) is 2. The Morgan fingerprint density at radius 1 is 1.04 bits per heavy atom. The van der Waals surface area contributed by atoms with Gasteiger partial charge in [-0.1, -0.05) is 53.6 Å². The molecule has 0 spiro atoms. The van der Waals surface area contributed by atoms with E-state index in [2.05, 4.69) is 5.32 Å². The lowest BCUT2D eigenvalue weighted by Gasteiger charge is -2.29. The van der Waals surface area contributed by atoms with Gasteiger partial charge in [-0.2, -0.15) is 0 Å². The third-order valence-electron chi connectivity index (χ3n) is 4.53. The van der Waals surface area contributed by atoms with E-state index in [0.29, 0.717) is 31.0 Å². The highest BCUT2D eigenvalue weighted by Crippen LogP contribution is 2.15. The molecule has 0 aliphatic heterocycles. The van der Waals surface area contributed by atoms with Gasteiger partial charge in [0.25, 0.3) is 0 Å². The molecule has 0 unspecified atom stereocenters. The normalized spacial score (nSPS) is 11.7. The van der Waals surface area contributed by atoms with Gasteiger partial charge < -0.3 is 10.2 Å². The van der Waals surface area contributed by atoms with Crippen LogP contribution in [0.4, 0.5) is 0 Å². The molecule has 0 aliphatic rings. The number of halogens is 1. The zero-order valence-corrected chi connectivity index (χ0v) is 16.9. The van der Waals surface area contributed by atoms with Crippen molar-refractivity contribution in [1.82, 2.24) is 10.2 Å². The number of aryl methyl sites for hydroxylation is 2. The predicted octanol–water partition coefficient (Wildman–Crippen LogP) is 4.13. The Morgan fingerprint density at radius 2 is 1.63 bits per heavy atom. The highest BCUT2D eigenvalue weighted by atomic mass is 35.5. The van der Waals surface area contributed by atoms with E-state index in [1.165, 1.54) is 5.56 Å². The van der Waals surface area contributed by atoms with E-state index < -0.39 is 6.04 Å². The fraction of sp³-hybridized carbons (Fsp3) is 0.364. The second-order valence-corrected chi connectivity index (χ2v) is 7.14. The van der Waals surface area contributed by atoms with Crippen LogP contribution in [-0.4, -0.2) is 29.3 Å². The average Bonchev–Trinajstić information content (AvgIpc) is 2.66. The molecular formula is C22H27ClN2O2. The van der Waals surface area contributed by atoms with Crippen LogP contribution in [0, 0.1) is 6.92 Å². The monoisotopic (exact) mass is 386 g/mol. The maximum absolute atomic E-state index is 12.9. The lowest BCUT2D eigenvalue weighted by Crippen LogP contribution is -2.47. The number of benzene rings is 2. The Bertz CT molecular complexity index is 757. The first-order valence-electron chi connectivity index (χ1n) is 9.28. The molecule has 0 fully saturated rings. The Balaban J connectivity index is 2.11. The molecule has 0 heterocycles. The lowest BCUT2D eigenvalue weighted by atomic mass is 10.1. The fourth-order valence-electron chi connectivity index (χ4n) is 2.84. The fourth-order valence-corrected chi connectivity index (χ4v) is 2.97. The lowest BCUT2D eigenvalue weighted by molar-refractivity contribution is -0.140. The molecule has 0 saturated heterocycles. The quantitative estimate of drug-likeness (QED) is 0.741. The molecule has 2 aromatic rings. The van der Waals surface area contributed by atoms with Gasteiger partial charge in [-0.25, -0.2) is 0 Å². The molecule has 1 N–H and O–H groups in total. The molecule has 4 nitrogen and oxygen atoms in total. The van der Waals surface area contributed by atoms with Gasteiger partial charge in [0.15, 0.2) is 0 Å². The summed E-state index contributed by atoms with van der Waals surface area (Å²) >= 11 is 5.95. The second kappa shape index (κ2) is 10.1. The zero-order chi connectivity index (χ0) is 19.8. The third-order valence-corrected chi connectivity index (χ3v) is 4.78. The molecule has 144 valence electrons. The molecule has 2 aromatic carbocycles. The first kappa shape index (κ1) is 21.0. The third kappa shape index (κ3) is 6.40. The van der Waals surface area contributed by atoms with Crippen molar-refractivity contribution < 1.29 is 9.59 Å². The van der Waals surface area contributed by atoms with Gasteiger partial charge in [0.1, 0.15) is 6.04 Å². The minimum absolute atomic E-state index is 0.0377. The summed E-state index contributed by atoms with van der Waals surface area (Å²) in [6, 6.07) is 15.0. The zero-order valence-electron chi connectivity index (χ0n) is 16.2. The summed E-state index contributed by atoms with van der Waals surface area (Å²) in [7, 11) is 0. The SMILES string of the molecule is CCNC(=O)[C@H](C)N(Cc1ccc(Cl)cc1)C(=O)CCc1ccc(C)cc1. The smallest absolute Gasteiger partial charge is 0.242 e. The summed E-state index contributed by atoms with van der Waals surface area (Å²) in [4.78, 5) is 26.9. The van der Waals surface area contributed by atoms with Gasteiger partial charge in [0, 0.05) is 24.5 Å². The average molecular weight is 387 g/mol. The van der Waals surface area contributed by atoms with Crippen LogP contribution in [-0.2, 0) is 22.6 Å². The highest BCUT2D eigenvalue weighted by Gasteiger charge is 2.25. The molecule has 0 aliphatic carbocycles. The van der Waals surface area contributed by atoms with E-state index in [9.17, 15) is 9.59 Å². The summed E-state index contributed by atoms with van der Waals surface area (Å²) in [5, 5.41) is 3.45. The predicted molar refractivity (Wildman–Crippen MR) is 110 cm³/mol. The minimum atomic E-state index is -0.536. The number of carbonyl (C=O) groups excluding carboxylic acids is 2. The van der Waals surface area contributed by atoms with Gasteiger partial charge in [-0.3, -0.25) is 9.59 Å². The number of amides is 2. The molecule has 0 bridgehead atoms. The summed E-state index contributed by atoms with van der Waals surface area (Å²) in [6.45, 7) is 6.59. The maximum Gasteiger partial charge on any atom is 0.242 e. The molecule has 2 amide bonds. The van der Waals surface area contributed by atoms with Gasteiger partial charge in [0.2, 0.25) is 11.8 Å². The van der Waals surface area contributed by atoms with Crippen LogP contribution in [0.25, 0.3) is 0 Å². The summed E-state index contributed by atoms with van der Waals surface area (Å²) in [6.07, 6.45) is 1.01. The molecule has 0 aromatic heterocycles. The standard InChI is InChI=1S/C22H27ClN2O2/c1-4-24-22(27)17(3)25(15-19-9-12-20(23)13-10-19)21(26)14-11-18-7-5-16(2)6-8-18/h5-10,12-13,17H,4,11,14-15H2,1-3H3,(H,24,27)/t17-/m0/s1. The van der Waals surface area contributed by atoms with Crippen molar-refractivity contribution in [3.63, 3.8) is 0 Å². The van der Waals surface area contributed by atoms with E-state index in [1.54, 1.807) is 24.0 Å². The Labute approximate surface area is 166 Å².